The quantitative estimate of drug-likeness (QED) is 0.679. The Morgan fingerprint density at radius 2 is 2.20 bits per heavy atom. The molecule has 0 bridgehead atoms. The predicted molar refractivity (Wildman–Crippen MR) is 97.2 cm³/mol. The molecule has 0 aliphatic rings. The molecular formula is C18H19N3O3S. The molecule has 6 nitrogen and oxygen atoms in total. The fraction of sp³-hybridized carbons (Fsp3) is 0.222. The van der Waals surface area contributed by atoms with Crippen LogP contribution in [0.5, 0.6) is 11.5 Å². The predicted octanol–water partition coefficient (Wildman–Crippen LogP) is 3.48. The van der Waals surface area contributed by atoms with Crippen molar-refractivity contribution in [1.29, 1.82) is 0 Å². The van der Waals surface area contributed by atoms with Crippen LogP contribution in [0.2, 0.25) is 0 Å². The Hall–Kier alpha value is -2.80. The van der Waals surface area contributed by atoms with Crippen LogP contribution in [0.4, 0.5) is 0 Å². The summed E-state index contributed by atoms with van der Waals surface area (Å²) in [4.78, 5) is 13.5. The maximum absolute atomic E-state index is 12.5. The van der Waals surface area contributed by atoms with Crippen LogP contribution < -0.4 is 14.8 Å². The molecule has 1 amide bonds. The number of H-pyrrole nitrogens is 1. The van der Waals surface area contributed by atoms with Crippen molar-refractivity contribution in [3.63, 3.8) is 0 Å². The molecule has 2 aromatic heterocycles. The van der Waals surface area contributed by atoms with E-state index in [1.54, 1.807) is 24.6 Å². The van der Waals surface area contributed by atoms with E-state index in [9.17, 15) is 4.79 Å². The molecule has 1 aromatic carbocycles. The summed E-state index contributed by atoms with van der Waals surface area (Å²) in [7, 11) is 1.60. The van der Waals surface area contributed by atoms with Crippen molar-refractivity contribution < 1.29 is 14.3 Å². The number of thiophene rings is 1. The minimum Gasteiger partial charge on any atom is -0.493 e. The number of carbonyl (C=O) groups excluding carboxylic acids is 1. The molecule has 0 saturated carbocycles. The summed E-state index contributed by atoms with van der Waals surface area (Å²) in [6, 6.07) is 9.50. The van der Waals surface area contributed by atoms with Crippen LogP contribution in [0.25, 0.3) is 10.6 Å². The van der Waals surface area contributed by atoms with E-state index in [1.807, 2.05) is 42.6 Å². The van der Waals surface area contributed by atoms with Crippen molar-refractivity contribution in [1.82, 2.24) is 15.5 Å². The van der Waals surface area contributed by atoms with Crippen molar-refractivity contribution in [2.75, 3.05) is 13.7 Å². The molecule has 2 N–H and O–H groups in total. The maximum atomic E-state index is 12.5. The first-order valence-electron chi connectivity index (χ1n) is 7.88. The number of benzene rings is 1. The van der Waals surface area contributed by atoms with Crippen LogP contribution in [-0.2, 0) is 6.54 Å². The molecule has 130 valence electrons. The molecule has 0 fully saturated rings. The summed E-state index contributed by atoms with van der Waals surface area (Å²) < 4.78 is 10.8. The van der Waals surface area contributed by atoms with Gasteiger partial charge in [0.1, 0.15) is 0 Å². The molecule has 7 heteroatoms. The number of ether oxygens (including phenoxy) is 2. The normalized spacial score (nSPS) is 10.5. The molecule has 3 aromatic rings. The number of rotatable bonds is 7. The second-order valence-electron chi connectivity index (χ2n) is 5.24. The van der Waals surface area contributed by atoms with Gasteiger partial charge in [-0.25, -0.2) is 0 Å². The van der Waals surface area contributed by atoms with Gasteiger partial charge in [0.05, 0.1) is 36.0 Å². The van der Waals surface area contributed by atoms with Crippen molar-refractivity contribution in [3.05, 3.63) is 53.0 Å². The summed E-state index contributed by atoms with van der Waals surface area (Å²) in [5.41, 5.74) is 2.19. The van der Waals surface area contributed by atoms with Crippen molar-refractivity contribution in [2.45, 2.75) is 13.5 Å². The Bertz CT molecular complexity index is 843. The number of hydrogen-bond acceptors (Lipinski definition) is 5. The van der Waals surface area contributed by atoms with E-state index in [4.69, 9.17) is 9.47 Å². The molecule has 0 aliphatic heterocycles. The molecule has 0 atom stereocenters. The van der Waals surface area contributed by atoms with Crippen LogP contribution in [0.1, 0.15) is 22.8 Å². The highest BCUT2D eigenvalue weighted by Gasteiger charge is 2.16. The first-order chi connectivity index (χ1) is 12.2. The molecule has 0 radical (unpaired) electrons. The number of hydrogen-bond donors (Lipinski definition) is 2. The highest BCUT2D eigenvalue weighted by molar-refractivity contribution is 7.13. The van der Waals surface area contributed by atoms with Gasteiger partial charge >= 0.3 is 0 Å². The molecule has 0 saturated heterocycles. The largest absolute Gasteiger partial charge is 0.493 e. The zero-order valence-electron chi connectivity index (χ0n) is 14.0. The zero-order chi connectivity index (χ0) is 17.6. The third-order valence-corrected chi connectivity index (χ3v) is 4.52. The summed E-state index contributed by atoms with van der Waals surface area (Å²) in [6.45, 7) is 2.85. The lowest BCUT2D eigenvalue weighted by Crippen LogP contribution is -2.23. The third-order valence-electron chi connectivity index (χ3n) is 3.63. The minimum atomic E-state index is -0.175. The Balaban J connectivity index is 1.71. The number of aromatic amines is 1. The average molecular weight is 357 g/mol. The molecule has 25 heavy (non-hydrogen) atoms. The van der Waals surface area contributed by atoms with Gasteiger partial charge in [0.15, 0.2) is 11.5 Å². The van der Waals surface area contributed by atoms with Gasteiger partial charge in [0, 0.05) is 6.54 Å². The lowest BCUT2D eigenvalue weighted by atomic mass is 10.1. The Labute approximate surface area is 149 Å². The zero-order valence-corrected chi connectivity index (χ0v) is 14.9. The van der Waals surface area contributed by atoms with Crippen LogP contribution in [0.15, 0.2) is 41.9 Å². The number of nitrogens with one attached hydrogen (secondary N) is 2. The third kappa shape index (κ3) is 3.83. The fourth-order valence-corrected chi connectivity index (χ4v) is 3.18. The molecule has 0 aliphatic carbocycles. The van der Waals surface area contributed by atoms with E-state index < -0.39 is 0 Å². The molecule has 0 spiro atoms. The van der Waals surface area contributed by atoms with Gasteiger partial charge in [0.2, 0.25) is 0 Å². The van der Waals surface area contributed by atoms with Gasteiger partial charge in [-0.15, -0.1) is 11.3 Å². The van der Waals surface area contributed by atoms with Crippen LogP contribution in [0.3, 0.4) is 0 Å². The first-order valence-corrected chi connectivity index (χ1v) is 8.76. The van der Waals surface area contributed by atoms with Crippen LogP contribution in [-0.4, -0.2) is 29.8 Å². The standard InChI is InChI=1S/C18H19N3O3S/c1-3-24-15-9-12(6-7-14(15)23-2)10-19-18(22)13-11-20-21-17(13)16-5-4-8-25-16/h4-9,11H,3,10H2,1-2H3,(H,19,22)(H,20,21). The van der Waals surface area contributed by atoms with Gasteiger partial charge in [0.25, 0.3) is 5.91 Å². The second-order valence-corrected chi connectivity index (χ2v) is 6.18. The summed E-state index contributed by atoms with van der Waals surface area (Å²) >= 11 is 1.56. The van der Waals surface area contributed by atoms with Crippen molar-refractivity contribution in [2.24, 2.45) is 0 Å². The van der Waals surface area contributed by atoms with E-state index in [0.29, 0.717) is 30.2 Å². The Kier molecular flexibility index (Phi) is 5.35. The second kappa shape index (κ2) is 7.85. The van der Waals surface area contributed by atoms with Gasteiger partial charge in [-0.1, -0.05) is 12.1 Å². The van der Waals surface area contributed by atoms with E-state index in [-0.39, 0.29) is 5.91 Å². The number of nitrogens with zero attached hydrogens (tertiary/aromatic N) is 1. The molecule has 0 unspecified atom stereocenters. The summed E-state index contributed by atoms with van der Waals surface area (Å²) in [6.07, 6.45) is 1.55. The lowest BCUT2D eigenvalue weighted by Gasteiger charge is -2.11. The maximum Gasteiger partial charge on any atom is 0.255 e. The Morgan fingerprint density at radius 3 is 2.92 bits per heavy atom. The molecule has 3 rings (SSSR count). The van der Waals surface area contributed by atoms with Gasteiger partial charge in [-0.3, -0.25) is 9.89 Å². The smallest absolute Gasteiger partial charge is 0.255 e. The lowest BCUT2D eigenvalue weighted by molar-refractivity contribution is 0.0951. The highest BCUT2D eigenvalue weighted by Crippen LogP contribution is 2.28. The monoisotopic (exact) mass is 357 g/mol. The molecule has 2 heterocycles. The fourth-order valence-electron chi connectivity index (χ4n) is 2.44. The number of methoxy groups -OCH3 is 1. The number of aromatic nitrogens is 2. The summed E-state index contributed by atoms with van der Waals surface area (Å²) in [5, 5.41) is 11.8. The van der Waals surface area contributed by atoms with Gasteiger partial charge in [-0.2, -0.15) is 5.10 Å². The van der Waals surface area contributed by atoms with Crippen LogP contribution in [0, 0.1) is 0 Å². The average Bonchev–Trinajstić information content (AvgIpc) is 3.31. The van der Waals surface area contributed by atoms with Crippen LogP contribution >= 0.6 is 11.3 Å². The van der Waals surface area contributed by atoms with Gasteiger partial charge < -0.3 is 14.8 Å². The van der Waals surface area contributed by atoms with E-state index in [2.05, 4.69) is 15.5 Å². The molecular weight excluding hydrogens is 338 g/mol. The number of amides is 1. The van der Waals surface area contributed by atoms with Crippen molar-refractivity contribution in [3.8, 4) is 22.1 Å². The topological polar surface area (TPSA) is 76.2 Å². The van der Waals surface area contributed by atoms with E-state index in [0.717, 1.165) is 16.1 Å². The van der Waals surface area contributed by atoms with Gasteiger partial charge in [-0.05, 0) is 36.1 Å². The first kappa shape index (κ1) is 17.0. The SMILES string of the molecule is CCOc1cc(CNC(=O)c2cn[nH]c2-c2cccs2)ccc1OC. The minimum absolute atomic E-state index is 0.175. The van der Waals surface area contributed by atoms with Crippen molar-refractivity contribution >= 4 is 17.2 Å². The Morgan fingerprint density at radius 1 is 1.32 bits per heavy atom. The van der Waals surface area contributed by atoms with E-state index in [1.165, 1.54) is 0 Å². The highest BCUT2D eigenvalue weighted by atomic mass is 32.1. The number of carbonyl (C=O) groups is 1. The van der Waals surface area contributed by atoms with E-state index >= 15 is 0 Å². The summed E-state index contributed by atoms with van der Waals surface area (Å²) in [5.74, 6) is 1.16.